The van der Waals surface area contributed by atoms with Gasteiger partial charge in [-0.25, -0.2) is 15.0 Å². The molecule has 4 heterocycles. The van der Waals surface area contributed by atoms with Crippen molar-refractivity contribution in [3.05, 3.63) is 66.1 Å². The van der Waals surface area contributed by atoms with E-state index in [1.54, 1.807) is 23.7 Å². The van der Waals surface area contributed by atoms with Gasteiger partial charge in [0.1, 0.15) is 15.7 Å². The molecular weight excluding hydrogens is 400 g/mol. The van der Waals surface area contributed by atoms with Gasteiger partial charge in [-0.2, -0.15) is 0 Å². The monoisotopic (exact) mass is 416 g/mol. The molecule has 1 N–H and O–H groups in total. The van der Waals surface area contributed by atoms with Gasteiger partial charge in [0.25, 0.3) is 0 Å². The van der Waals surface area contributed by atoms with Crippen LogP contribution in [0.3, 0.4) is 0 Å². The molecule has 0 fully saturated rings. The molecule has 0 saturated carbocycles. The molecule has 0 atom stereocenters. The van der Waals surface area contributed by atoms with Gasteiger partial charge in [0.15, 0.2) is 5.82 Å². The van der Waals surface area contributed by atoms with E-state index in [9.17, 15) is 0 Å². The highest BCUT2D eigenvalue weighted by Crippen LogP contribution is 2.40. The fourth-order valence-electron chi connectivity index (χ4n) is 3.01. The Balaban J connectivity index is 1.70. The normalized spacial score (nSPS) is 11.2. The van der Waals surface area contributed by atoms with Gasteiger partial charge >= 0.3 is 0 Å². The van der Waals surface area contributed by atoms with Gasteiger partial charge in [0.2, 0.25) is 5.16 Å². The number of rotatable bonds is 5. The van der Waals surface area contributed by atoms with Crippen molar-refractivity contribution in [3.8, 4) is 22.5 Å². The molecule has 29 heavy (non-hydrogen) atoms. The number of aromatic amines is 1. The van der Waals surface area contributed by atoms with Gasteiger partial charge in [0.05, 0.1) is 5.39 Å². The lowest BCUT2D eigenvalue weighted by Crippen LogP contribution is -1.93. The molecule has 0 unspecified atom stereocenters. The molecular formula is C21H16N6S2. The lowest BCUT2D eigenvalue weighted by atomic mass is 10.1. The van der Waals surface area contributed by atoms with Gasteiger partial charge in [0, 0.05) is 35.3 Å². The smallest absolute Gasteiger partial charge is 0.214 e. The van der Waals surface area contributed by atoms with Crippen molar-refractivity contribution in [2.24, 2.45) is 0 Å². The predicted octanol–water partition coefficient (Wildman–Crippen LogP) is 5.25. The number of fused-ring (bicyclic) bond motifs is 1. The van der Waals surface area contributed by atoms with Crippen LogP contribution in [0.1, 0.15) is 12.7 Å². The van der Waals surface area contributed by atoms with Crippen molar-refractivity contribution in [1.82, 2.24) is 30.1 Å². The minimum Gasteiger partial charge on any atom is -0.264 e. The van der Waals surface area contributed by atoms with Crippen LogP contribution in [0.4, 0.5) is 0 Å². The molecule has 0 spiro atoms. The topological polar surface area (TPSA) is 80.2 Å². The van der Waals surface area contributed by atoms with Crippen LogP contribution in [0.2, 0.25) is 0 Å². The van der Waals surface area contributed by atoms with E-state index in [0.29, 0.717) is 11.0 Å². The van der Waals surface area contributed by atoms with Crippen LogP contribution in [-0.4, -0.2) is 30.1 Å². The quantitative estimate of drug-likeness (QED) is 0.394. The van der Waals surface area contributed by atoms with Crippen LogP contribution in [0.5, 0.6) is 0 Å². The summed E-state index contributed by atoms with van der Waals surface area (Å²) in [5, 5.41) is 12.0. The fourth-order valence-corrected chi connectivity index (χ4v) is 4.88. The molecule has 4 aromatic heterocycles. The third-order valence-electron chi connectivity index (χ3n) is 4.44. The molecule has 0 radical (unpaired) electrons. The summed E-state index contributed by atoms with van der Waals surface area (Å²) >= 11 is 3.08. The second-order valence-corrected chi connectivity index (χ2v) is 8.12. The van der Waals surface area contributed by atoms with Gasteiger partial charge in [-0.3, -0.25) is 10.1 Å². The van der Waals surface area contributed by atoms with Crippen LogP contribution in [0.25, 0.3) is 32.7 Å². The number of aromatic nitrogens is 6. The maximum Gasteiger partial charge on any atom is 0.214 e. The molecule has 0 amide bonds. The van der Waals surface area contributed by atoms with Crippen molar-refractivity contribution < 1.29 is 0 Å². The third-order valence-corrected chi connectivity index (χ3v) is 6.17. The summed E-state index contributed by atoms with van der Waals surface area (Å²) in [7, 11) is 0. The standard InChI is InChI=1S/C21H16N6S2/c1-2-16-23-21(27-26-16)29-20-17-15(13-7-4-3-5-8-13)12-28-19(17)24-18(25-20)14-9-6-10-22-11-14/h3-12H,2H2,1H3,(H,23,26,27). The molecule has 1 aromatic carbocycles. The Morgan fingerprint density at radius 1 is 1.00 bits per heavy atom. The summed E-state index contributed by atoms with van der Waals surface area (Å²) < 4.78 is 0. The van der Waals surface area contributed by atoms with Gasteiger partial charge in [-0.05, 0) is 29.5 Å². The van der Waals surface area contributed by atoms with Crippen LogP contribution >= 0.6 is 23.1 Å². The number of hydrogen-bond donors (Lipinski definition) is 1. The summed E-state index contributed by atoms with van der Waals surface area (Å²) in [5.74, 6) is 1.51. The number of hydrogen-bond acceptors (Lipinski definition) is 7. The number of benzene rings is 1. The highest BCUT2D eigenvalue weighted by atomic mass is 32.2. The average molecular weight is 417 g/mol. The van der Waals surface area contributed by atoms with E-state index < -0.39 is 0 Å². The van der Waals surface area contributed by atoms with Crippen molar-refractivity contribution in [3.63, 3.8) is 0 Å². The van der Waals surface area contributed by atoms with E-state index in [1.807, 2.05) is 37.3 Å². The molecule has 0 saturated heterocycles. The Morgan fingerprint density at radius 3 is 2.62 bits per heavy atom. The second kappa shape index (κ2) is 7.73. The van der Waals surface area contributed by atoms with E-state index >= 15 is 0 Å². The maximum absolute atomic E-state index is 4.88. The largest absolute Gasteiger partial charge is 0.264 e. The van der Waals surface area contributed by atoms with Crippen molar-refractivity contribution in [2.75, 3.05) is 0 Å². The van der Waals surface area contributed by atoms with Gasteiger partial charge in [-0.15, -0.1) is 16.4 Å². The van der Waals surface area contributed by atoms with E-state index in [-0.39, 0.29) is 0 Å². The number of pyridine rings is 1. The average Bonchev–Trinajstić information content (AvgIpc) is 3.42. The van der Waals surface area contributed by atoms with Crippen LogP contribution in [0, 0.1) is 0 Å². The molecule has 5 rings (SSSR count). The first-order valence-electron chi connectivity index (χ1n) is 9.16. The molecule has 142 valence electrons. The Kier molecular flexibility index (Phi) is 4.79. The molecule has 0 bridgehead atoms. The Morgan fingerprint density at radius 2 is 1.86 bits per heavy atom. The minimum absolute atomic E-state index is 0.654. The van der Waals surface area contributed by atoms with E-state index in [4.69, 9.17) is 9.97 Å². The molecule has 0 aliphatic carbocycles. The zero-order valence-electron chi connectivity index (χ0n) is 15.5. The van der Waals surface area contributed by atoms with Crippen LogP contribution in [-0.2, 0) is 6.42 Å². The summed E-state index contributed by atoms with van der Waals surface area (Å²) in [6.45, 7) is 2.05. The molecule has 5 aromatic rings. The van der Waals surface area contributed by atoms with Gasteiger partial charge in [-0.1, -0.05) is 37.3 Å². The lowest BCUT2D eigenvalue weighted by molar-refractivity contribution is 0.940. The first kappa shape index (κ1) is 18.0. The number of thiophene rings is 1. The SMILES string of the molecule is CCc1nc(Sc2nc(-c3cccnc3)nc3scc(-c4ccccc4)c23)n[nH]1. The van der Waals surface area contributed by atoms with Crippen molar-refractivity contribution >= 4 is 33.3 Å². The molecule has 0 aliphatic heterocycles. The van der Waals surface area contributed by atoms with E-state index in [0.717, 1.165) is 44.2 Å². The number of aryl methyl sites for hydroxylation is 1. The molecule has 6 nitrogen and oxygen atoms in total. The summed E-state index contributed by atoms with van der Waals surface area (Å²) in [5.41, 5.74) is 3.15. The number of nitrogens with one attached hydrogen (secondary N) is 1. The summed E-state index contributed by atoms with van der Waals surface area (Å²) in [6.07, 6.45) is 4.33. The van der Waals surface area contributed by atoms with E-state index in [2.05, 4.69) is 37.7 Å². The predicted molar refractivity (Wildman–Crippen MR) is 116 cm³/mol. The Hall–Kier alpha value is -3.10. The zero-order chi connectivity index (χ0) is 19.6. The van der Waals surface area contributed by atoms with Gasteiger partial charge < -0.3 is 0 Å². The highest BCUT2D eigenvalue weighted by molar-refractivity contribution is 7.99. The van der Waals surface area contributed by atoms with Crippen molar-refractivity contribution in [2.45, 2.75) is 23.5 Å². The maximum atomic E-state index is 4.88. The Bertz CT molecular complexity index is 1260. The third kappa shape index (κ3) is 3.52. The molecule has 8 heteroatoms. The molecule has 0 aliphatic rings. The van der Waals surface area contributed by atoms with Crippen molar-refractivity contribution in [1.29, 1.82) is 0 Å². The minimum atomic E-state index is 0.654. The highest BCUT2D eigenvalue weighted by Gasteiger charge is 2.18. The van der Waals surface area contributed by atoms with E-state index in [1.165, 1.54) is 11.8 Å². The Labute approximate surface area is 175 Å². The van der Waals surface area contributed by atoms with Crippen LogP contribution in [0.15, 0.2) is 70.4 Å². The van der Waals surface area contributed by atoms with Crippen LogP contribution < -0.4 is 0 Å². The lowest BCUT2D eigenvalue weighted by Gasteiger charge is -2.07. The zero-order valence-corrected chi connectivity index (χ0v) is 17.2. The first-order valence-corrected chi connectivity index (χ1v) is 10.9. The number of nitrogens with zero attached hydrogens (tertiary/aromatic N) is 5. The number of H-pyrrole nitrogens is 1. The summed E-state index contributed by atoms with van der Waals surface area (Å²) in [4.78, 5) is 19.4. The fraction of sp³-hybridized carbons (Fsp3) is 0.0952. The first-order chi connectivity index (χ1) is 14.3. The second-order valence-electron chi connectivity index (χ2n) is 6.31. The summed E-state index contributed by atoms with van der Waals surface area (Å²) in [6, 6.07) is 14.2.